The summed E-state index contributed by atoms with van der Waals surface area (Å²) in [6.07, 6.45) is 0. The molecule has 0 amide bonds. The summed E-state index contributed by atoms with van der Waals surface area (Å²) < 4.78 is 5.21. The smallest absolute Gasteiger partial charge is 0.141 e. The lowest BCUT2D eigenvalue weighted by Gasteiger charge is -2.08. The molecule has 0 atom stereocenters. The van der Waals surface area contributed by atoms with Crippen LogP contribution < -0.4 is 0 Å². The molecule has 0 radical (unpaired) electrons. The lowest BCUT2D eigenvalue weighted by Crippen LogP contribution is -1.89. The molecular weight excluding hydrogens is 186 g/mol. The lowest BCUT2D eigenvalue weighted by molar-refractivity contribution is 0.393. The van der Waals surface area contributed by atoms with E-state index >= 15 is 0 Å². The summed E-state index contributed by atoms with van der Waals surface area (Å²) in [5.41, 5.74) is 5.90. The normalized spacial score (nSPS) is 10.7. The molecule has 2 rings (SSSR count). The van der Waals surface area contributed by atoms with Crippen LogP contribution in [0, 0.1) is 27.7 Å². The van der Waals surface area contributed by atoms with Crippen LogP contribution in [0.1, 0.15) is 22.6 Å². The minimum absolute atomic E-state index is 0.893. The van der Waals surface area contributed by atoms with Crippen molar-refractivity contribution in [1.82, 2.24) is 5.16 Å². The zero-order valence-electron chi connectivity index (χ0n) is 9.59. The molecule has 0 aliphatic heterocycles. The minimum Gasteiger partial charge on any atom is -0.361 e. The molecule has 0 aliphatic rings. The third-order valence-electron chi connectivity index (χ3n) is 2.76. The highest BCUT2D eigenvalue weighted by molar-refractivity contribution is 5.73. The summed E-state index contributed by atoms with van der Waals surface area (Å²) in [6.45, 7) is 8.18. The molecule has 2 nitrogen and oxygen atoms in total. The van der Waals surface area contributed by atoms with Crippen molar-refractivity contribution in [2.45, 2.75) is 27.7 Å². The van der Waals surface area contributed by atoms with Crippen LogP contribution in [0.15, 0.2) is 22.7 Å². The molecule has 0 saturated heterocycles. The maximum Gasteiger partial charge on any atom is 0.141 e. The molecule has 2 aromatic rings. The van der Waals surface area contributed by atoms with Gasteiger partial charge in [0.2, 0.25) is 0 Å². The number of rotatable bonds is 1. The van der Waals surface area contributed by atoms with E-state index in [9.17, 15) is 0 Å². The van der Waals surface area contributed by atoms with Gasteiger partial charge in [0.15, 0.2) is 0 Å². The van der Waals surface area contributed by atoms with Gasteiger partial charge in [0.05, 0.1) is 5.69 Å². The molecule has 0 unspecified atom stereocenters. The second-order valence-corrected chi connectivity index (χ2v) is 3.97. The van der Waals surface area contributed by atoms with Crippen LogP contribution in [0.3, 0.4) is 0 Å². The van der Waals surface area contributed by atoms with Crippen molar-refractivity contribution in [3.8, 4) is 11.1 Å². The average Bonchev–Trinajstić information content (AvgIpc) is 2.49. The predicted molar refractivity (Wildman–Crippen MR) is 60.9 cm³/mol. The fraction of sp³-hybridized carbons (Fsp3) is 0.308. The lowest BCUT2D eigenvalue weighted by atomic mass is 9.95. The Morgan fingerprint density at radius 1 is 0.933 bits per heavy atom. The Morgan fingerprint density at radius 2 is 1.53 bits per heavy atom. The highest BCUT2D eigenvalue weighted by atomic mass is 16.5. The van der Waals surface area contributed by atoms with E-state index in [0.29, 0.717) is 0 Å². The van der Waals surface area contributed by atoms with Crippen LogP contribution in [-0.2, 0) is 0 Å². The Morgan fingerprint density at radius 3 is 2.00 bits per heavy atom. The highest BCUT2D eigenvalue weighted by Gasteiger charge is 2.14. The van der Waals surface area contributed by atoms with Gasteiger partial charge in [0.25, 0.3) is 0 Å². The Balaban J connectivity index is 2.74. The average molecular weight is 201 g/mol. The molecule has 0 N–H and O–H groups in total. The van der Waals surface area contributed by atoms with Crippen LogP contribution in [0.2, 0.25) is 0 Å². The van der Waals surface area contributed by atoms with Crippen LogP contribution >= 0.6 is 0 Å². The van der Waals surface area contributed by atoms with Crippen LogP contribution in [-0.4, -0.2) is 5.16 Å². The fourth-order valence-electron chi connectivity index (χ4n) is 2.05. The molecule has 0 aliphatic carbocycles. The molecule has 15 heavy (non-hydrogen) atoms. The zero-order chi connectivity index (χ0) is 11.0. The van der Waals surface area contributed by atoms with Gasteiger partial charge in [0, 0.05) is 5.56 Å². The summed E-state index contributed by atoms with van der Waals surface area (Å²) in [7, 11) is 0. The summed E-state index contributed by atoms with van der Waals surface area (Å²) >= 11 is 0. The van der Waals surface area contributed by atoms with Gasteiger partial charge in [-0.15, -0.1) is 0 Å². The largest absolute Gasteiger partial charge is 0.361 e. The van der Waals surface area contributed by atoms with E-state index in [-0.39, 0.29) is 0 Å². The maximum atomic E-state index is 5.21. The Kier molecular flexibility index (Phi) is 2.35. The zero-order valence-corrected chi connectivity index (χ0v) is 9.59. The summed E-state index contributed by atoms with van der Waals surface area (Å²) in [5, 5.41) is 4.00. The molecule has 1 aromatic heterocycles. The fourth-order valence-corrected chi connectivity index (χ4v) is 2.05. The van der Waals surface area contributed by atoms with Crippen molar-refractivity contribution in [1.29, 1.82) is 0 Å². The monoisotopic (exact) mass is 201 g/mol. The standard InChI is InChI=1S/C13H15NO/c1-8-6-5-7-9(2)12(8)13-10(3)14-15-11(13)4/h5-7H,1-4H3. The van der Waals surface area contributed by atoms with Gasteiger partial charge in [-0.3, -0.25) is 0 Å². The van der Waals surface area contributed by atoms with Gasteiger partial charge in [-0.1, -0.05) is 23.4 Å². The van der Waals surface area contributed by atoms with Crippen LogP contribution in [0.4, 0.5) is 0 Å². The van der Waals surface area contributed by atoms with E-state index in [1.165, 1.54) is 16.7 Å². The van der Waals surface area contributed by atoms with Crippen molar-refractivity contribution < 1.29 is 4.52 Å². The third-order valence-corrected chi connectivity index (χ3v) is 2.76. The molecular formula is C13H15NO. The minimum atomic E-state index is 0.893. The number of hydrogen-bond donors (Lipinski definition) is 0. The quantitative estimate of drug-likeness (QED) is 0.704. The van der Waals surface area contributed by atoms with E-state index in [1.54, 1.807) is 0 Å². The van der Waals surface area contributed by atoms with Crippen LogP contribution in [0.5, 0.6) is 0 Å². The van der Waals surface area contributed by atoms with E-state index in [4.69, 9.17) is 4.52 Å². The number of benzene rings is 1. The molecule has 1 aromatic carbocycles. The Hall–Kier alpha value is -1.57. The SMILES string of the molecule is Cc1cccc(C)c1-c1c(C)noc1C. The van der Waals surface area contributed by atoms with Gasteiger partial charge in [0.1, 0.15) is 5.76 Å². The molecule has 78 valence electrons. The van der Waals surface area contributed by atoms with E-state index in [0.717, 1.165) is 17.0 Å². The van der Waals surface area contributed by atoms with Crippen molar-refractivity contribution >= 4 is 0 Å². The van der Waals surface area contributed by atoms with Crippen molar-refractivity contribution in [2.75, 3.05) is 0 Å². The van der Waals surface area contributed by atoms with Gasteiger partial charge in [-0.25, -0.2) is 0 Å². The Labute approximate surface area is 89.9 Å². The van der Waals surface area contributed by atoms with Crippen molar-refractivity contribution in [3.05, 3.63) is 40.8 Å². The first-order valence-electron chi connectivity index (χ1n) is 5.10. The van der Waals surface area contributed by atoms with Crippen molar-refractivity contribution in [2.24, 2.45) is 0 Å². The summed E-state index contributed by atoms with van der Waals surface area (Å²) in [6, 6.07) is 6.31. The van der Waals surface area contributed by atoms with Gasteiger partial charge < -0.3 is 4.52 Å². The second kappa shape index (κ2) is 3.54. The first-order chi connectivity index (χ1) is 7.11. The van der Waals surface area contributed by atoms with E-state index < -0.39 is 0 Å². The van der Waals surface area contributed by atoms with Gasteiger partial charge in [-0.2, -0.15) is 0 Å². The number of aromatic nitrogens is 1. The van der Waals surface area contributed by atoms with Crippen molar-refractivity contribution in [3.63, 3.8) is 0 Å². The first-order valence-corrected chi connectivity index (χ1v) is 5.10. The molecule has 0 saturated carbocycles. The highest BCUT2D eigenvalue weighted by Crippen LogP contribution is 2.32. The molecule has 0 spiro atoms. The predicted octanol–water partition coefficient (Wildman–Crippen LogP) is 3.58. The number of hydrogen-bond acceptors (Lipinski definition) is 2. The number of nitrogens with zero attached hydrogens (tertiary/aromatic N) is 1. The molecule has 2 heteroatoms. The van der Waals surface area contributed by atoms with Gasteiger partial charge in [-0.05, 0) is 44.4 Å². The number of aryl methyl sites for hydroxylation is 4. The maximum absolute atomic E-state index is 5.21. The third kappa shape index (κ3) is 1.56. The molecule has 1 heterocycles. The molecule has 0 bridgehead atoms. The topological polar surface area (TPSA) is 26.0 Å². The molecule has 0 fully saturated rings. The van der Waals surface area contributed by atoms with Gasteiger partial charge >= 0.3 is 0 Å². The Bertz CT molecular complexity index is 457. The van der Waals surface area contributed by atoms with E-state index in [2.05, 4.69) is 37.2 Å². The van der Waals surface area contributed by atoms with Crippen LogP contribution in [0.25, 0.3) is 11.1 Å². The van der Waals surface area contributed by atoms with E-state index in [1.807, 2.05) is 13.8 Å². The summed E-state index contributed by atoms with van der Waals surface area (Å²) in [5.74, 6) is 0.893. The second-order valence-electron chi connectivity index (χ2n) is 3.97. The first kappa shape index (κ1) is 9.97. The summed E-state index contributed by atoms with van der Waals surface area (Å²) in [4.78, 5) is 0.